The van der Waals surface area contributed by atoms with Gasteiger partial charge in [-0.2, -0.15) is 4.98 Å². The van der Waals surface area contributed by atoms with Crippen molar-refractivity contribution in [3.05, 3.63) is 11.4 Å². The molecule has 0 saturated heterocycles. The monoisotopic (exact) mass is 294 g/mol. The second-order valence-electron chi connectivity index (χ2n) is 5.02. The van der Waals surface area contributed by atoms with E-state index in [-0.39, 0.29) is 6.04 Å². The van der Waals surface area contributed by atoms with E-state index in [2.05, 4.69) is 40.5 Å². The Morgan fingerprint density at radius 3 is 2.80 bits per heavy atom. The number of aromatic nitrogens is 2. The molecule has 0 aromatic carbocycles. The summed E-state index contributed by atoms with van der Waals surface area (Å²) in [4.78, 5) is 10.1. The third-order valence-corrected chi connectivity index (χ3v) is 3.94. The van der Waals surface area contributed by atoms with Crippen LogP contribution in [0.3, 0.4) is 0 Å². The molecule has 110 valence electrons. The highest BCUT2D eigenvalue weighted by molar-refractivity contribution is 7.16. The minimum absolute atomic E-state index is 0.229. The van der Waals surface area contributed by atoms with Crippen LogP contribution in [0.5, 0.6) is 0 Å². The number of nitrogens with one attached hydrogen (secondary N) is 2. The number of methoxy groups -OCH3 is 1. The summed E-state index contributed by atoms with van der Waals surface area (Å²) in [6.07, 6.45) is 0. The fourth-order valence-electron chi connectivity index (χ4n) is 1.96. The van der Waals surface area contributed by atoms with Gasteiger partial charge in [-0.3, -0.25) is 0 Å². The van der Waals surface area contributed by atoms with Crippen molar-refractivity contribution in [3.63, 3.8) is 0 Å². The van der Waals surface area contributed by atoms with Gasteiger partial charge in [0.05, 0.1) is 18.0 Å². The zero-order valence-electron chi connectivity index (χ0n) is 12.4. The van der Waals surface area contributed by atoms with Crippen molar-refractivity contribution < 1.29 is 4.74 Å². The van der Waals surface area contributed by atoms with Gasteiger partial charge < -0.3 is 15.4 Å². The van der Waals surface area contributed by atoms with E-state index in [1.54, 1.807) is 18.4 Å². The van der Waals surface area contributed by atoms with Crippen molar-refractivity contribution in [2.45, 2.75) is 26.8 Å². The lowest BCUT2D eigenvalue weighted by atomic mass is 10.1. The Bertz CT molecular complexity index is 555. The maximum atomic E-state index is 5.29. The van der Waals surface area contributed by atoms with Crippen molar-refractivity contribution >= 4 is 33.3 Å². The minimum Gasteiger partial charge on any atom is -0.383 e. The Kier molecular flexibility index (Phi) is 5.14. The van der Waals surface area contributed by atoms with Crippen LogP contribution in [0, 0.1) is 5.92 Å². The van der Waals surface area contributed by atoms with Crippen molar-refractivity contribution in [3.8, 4) is 0 Å². The average Bonchev–Trinajstić information content (AvgIpc) is 2.86. The van der Waals surface area contributed by atoms with E-state index >= 15 is 0 Å². The smallest absolute Gasteiger partial charge is 0.226 e. The van der Waals surface area contributed by atoms with Gasteiger partial charge in [0.25, 0.3) is 0 Å². The Hall–Kier alpha value is -1.40. The summed E-state index contributed by atoms with van der Waals surface area (Å²) >= 11 is 1.63. The number of rotatable bonds is 7. The molecule has 2 heterocycles. The lowest BCUT2D eigenvalue weighted by Gasteiger charge is -2.22. The quantitative estimate of drug-likeness (QED) is 0.821. The molecule has 2 rings (SSSR count). The lowest BCUT2D eigenvalue weighted by Crippen LogP contribution is -2.31. The van der Waals surface area contributed by atoms with E-state index in [9.17, 15) is 0 Å². The summed E-state index contributed by atoms with van der Waals surface area (Å²) in [5, 5.41) is 9.79. The van der Waals surface area contributed by atoms with E-state index in [1.165, 1.54) is 0 Å². The first-order chi connectivity index (χ1) is 9.65. The second kappa shape index (κ2) is 6.85. The summed E-state index contributed by atoms with van der Waals surface area (Å²) in [5.74, 6) is 2.01. The van der Waals surface area contributed by atoms with Crippen molar-refractivity contribution in [2.24, 2.45) is 5.92 Å². The molecule has 1 atom stereocenters. The first kappa shape index (κ1) is 15.0. The highest BCUT2D eigenvalue weighted by Gasteiger charge is 2.16. The van der Waals surface area contributed by atoms with Crippen LogP contribution in [0.1, 0.15) is 20.8 Å². The molecule has 5 nitrogen and oxygen atoms in total. The van der Waals surface area contributed by atoms with E-state index in [4.69, 9.17) is 4.74 Å². The largest absolute Gasteiger partial charge is 0.383 e. The van der Waals surface area contributed by atoms with Crippen LogP contribution >= 0.6 is 11.3 Å². The molecule has 6 heteroatoms. The predicted octanol–water partition coefficient (Wildman–Crippen LogP) is 3.21. The first-order valence-corrected chi connectivity index (χ1v) is 7.78. The van der Waals surface area contributed by atoms with Gasteiger partial charge in [-0.05, 0) is 24.3 Å². The molecule has 0 saturated carbocycles. The molecule has 2 N–H and O–H groups in total. The third kappa shape index (κ3) is 3.37. The zero-order chi connectivity index (χ0) is 14.5. The van der Waals surface area contributed by atoms with Gasteiger partial charge in [-0.25, -0.2) is 4.98 Å². The lowest BCUT2D eigenvalue weighted by molar-refractivity contribution is 0.171. The fourth-order valence-corrected chi connectivity index (χ4v) is 2.72. The SMILES string of the molecule is CCNc1nc(NC(COC)C(C)C)c2ccsc2n1. The number of ether oxygens (including phenoxy) is 1. The number of anilines is 2. The maximum absolute atomic E-state index is 5.29. The molecule has 0 aliphatic rings. The molecular formula is C14H22N4OS. The molecule has 2 aromatic rings. The Balaban J connectivity index is 2.33. The molecule has 0 aliphatic carbocycles. The summed E-state index contributed by atoms with van der Waals surface area (Å²) in [6.45, 7) is 7.85. The molecule has 0 spiro atoms. The van der Waals surface area contributed by atoms with Gasteiger partial charge in [0.1, 0.15) is 10.6 Å². The van der Waals surface area contributed by atoms with Crippen molar-refractivity contribution in [1.29, 1.82) is 0 Å². The van der Waals surface area contributed by atoms with Gasteiger partial charge in [0.2, 0.25) is 5.95 Å². The molecule has 2 aromatic heterocycles. The van der Waals surface area contributed by atoms with Gasteiger partial charge in [-0.15, -0.1) is 11.3 Å². The van der Waals surface area contributed by atoms with Crippen molar-refractivity contribution in [2.75, 3.05) is 30.9 Å². The first-order valence-electron chi connectivity index (χ1n) is 6.90. The van der Waals surface area contributed by atoms with Crippen LogP contribution in [0.2, 0.25) is 0 Å². The number of hydrogen-bond donors (Lipinski definition) is 2. The predicted molar refractivity (Wildman–Crippen MR) is 85.7 cm³/mol. The van der Waals surface area contributed by atoms with E-state index in [0.717, 1.165) is 22.6 Å². The van der Waals surface area contributed by atoms with Crippen LogP contribution in [0.25, 0.3) is 10.2 Å². The molecular weight excluding hydrogens is 272 g/mol. The number of hydrogen-bond acceptors (Lipinski definition) is 6. The molecule has 1 unspecified atom stereocenters. The van der Waals surface area contributed by atoms with E-state index in [1.807, 2.05) is 12.3 Å². The highest BCUT2D eigenvalue weighted by atomic mass is 32.1. The minimum atomic E-state index is 0.229. The van der Waals surface area contributed by atoms with Gasteiger partial charge in [0.15, 0.2) is 0 Å². The third-order valence-electron chi connectivity index (χ3n) is 3.13. The second-order valence-corrected chi connectivity index (χ2v) is 5.91. The van der Waals surface area contributed by atoms with Crippen molar-refractivity contribution in [1.82, 2.24) is 9.97 Å². The fraction of sp³-hybridized carbons (Fsp3) is 0.571. The van der Waals surface area contributed by atoms with E-state index in [0.29, 0.717) is 18.5 Å². The molecule has 0 fully saturated rings. The average molecular weight is 294 g/mol. The number of thiophene rings is 1. The number of nitrogens with zero attached hydrogens (tertiary/aromatic N) is 2. The van der Waals surface area contributed by atoms with Gasteiger partial charge in [-0.1, -0.05) is 13.8 Å². The van der Waals surface area contributed by atoms with Gasteiger partial charge >= 0.3 is 0 Å². The molecule has 0 amide bonds. The highest BCUT2D eigenvalue weighted by Crippen LogP contribution is 2.27. The topological polar surface area (TPSA) is 59.1 Å². The standard InChI is InChI=1S/C14H22N4OS/c1-5-15-14-17-12(10-6-7-20-13(10)18-14)16-11(8-19-4)9(2)3/h6-7,9,11H,5,8H2,1-4H3,(H2,15,16,17,18). The molecule has 0 radical (unpaired) electrons. The Morgan fingerprint density at radius 1 is 1.35 bits per heavy atom. The Morgan fingerprint density at radius 2 is 2.15 bits per heavy atom. The van der Waals surface area contributed by atoms with E-state index < -0.39 is 0 Å². The van der Waals surface area contributed by atoms with Crippen LogP contribution in [0.15, 0.2) is 11.4 Å². The molecule has 0 bridgehead atoms. The van der Waals surface area contributed by atoms with Crippen LogP contribution in [-0.4, -0.2) is 36.3 Å². The van der Waals surface area contributed by atoms with Crippen LogP contribution in [0.4, 0.5) is 11.8 Å². The summed E-state index contributed by atoms with van der Waals surface area (Å²) in [5.41, 5.74) is 0. The van der Waals surface area contributed by atoms with Gasteiger partial charge in [0, 0.05) is 13.7 Å². The summed E-state index contributed by atoms with van der Waals surface area (Å²) < 4.78 is 5.29. The normalized spacial score (nSPS) is 12.8. The summed E-state index contributed by atoms with van der Waals surface area (Å²) in [6, 6.07) is 2.29. The summed E-state index contributed by atoms with van der Waals surface area (Å²) in [7, 11) is 1.72. The zero-order valence-corrected chi connectivity index (χ0v) is 13.3. The maximum Gasteiger partial charge on any atom is 0.226 e. The molecule has 20 heavy (non-hydrogen) atoms. The molecule has 0 aliphatic heterocycles. The number of fused-ring (bicyclic) bond motifs is 1. The van der Waals surface area contributed by atoms with Crippen LogP contribution in [-0.2, 0) is 4.74 Å². The Labute approximate surface area is 123 Å². The van der Waals surface area contributed by atoms with Crippen LogP contribution < -0.4 is 10.6 Å².